The molecule has 0 bridgehead atoms. The molecule has 1 N–H and O–H groups in total. The van der Waals surface area contributed by atoms with Crippen LogP contribution in [-0.2, 0) is 0 Å². The Morgan fingerprint density at radius 2 is 1.50 bits per heavy atom. The molecule has 0 aliphatic rings. The number of aromatic hydroxyl groups is 1. The number of hydrogen-bond donors (Lipinski definition) is 1. The summed E-state index contributed by atoms with van der Waals surface area (Å²) in [5, 5.41) is 12.0. The Hall–Kier alpha value is -2.28. The van der Waals surface area contributed by atoms with E-state index in [-0.39, 0.29) is 0 Å². The van der Waals surface area contributed by atoms with Gasteiger partial charge in [-0.3, -0.25) is 0 Å². The van der Waals surface area contributed by atoms with E-state index in [2.05, 4.69) is 37.3 Å². The molecule has 0 amide bonds. The molecule has 0 atom stereocenters. The predicted molar refractivity (Wildman–Crippen MR) is 75.8 cm³/mol. The van der Waals surface area contributed by atoms with E-state index in [1.807, 2.05) is 30.3 Å². The number of phenols is 1. The minimum absolute atomic E-state index is 0.337. The Morgan fingerprint density at radius 3 is 2.28 bits per heavy atom. The average molecular weight is 234 g/mol. The zero-order chi connectivity index (χ0) is 12.5. The van der Waals surface area contributed by atoms with Crippen LogP contribution in [0.5, 0.6) is 5.75 Å². The third-order valence-corrected chi connectivity index (χ3v) is 3.22. The SMILES string of the molecule is Cc1ccc(-c2cc(O)c3ccccc3c2)cc1. The molecule has 3 rings (SSSR count). The van der Waals surface area contributed by atoms with E-state index in [1.54, 1.807) is 0 Å². The van der Waals surface area contributed by atoms with Crippen LogP contribution in [0, 0.1) is 6.92 Å². The fraction of sp³-hybridized carbons (Fsp3) is 0.0588. The minimum atomic E-state index is 0.337. The van der Waals surface area contributed by atoms with Gasteiger partial charge >= 0.3 is 0 Å². The summed E-state index contributed by atoms with van der Waals surface area (Å²) in [4.78, 5) is 0. The zero-order valence-electron chi connectivity index (χ0n) is 10.2. The highest BCUT2D eigenvalue weighted by molar-refractivity contribution is 5.92. The smallest absolute Gasteiger partial charge is 0.124 e. The minimum Gasteiger partial charge on any atom is -0.507 e. The molecule has 0 saturated heterocycles. The van der Waals surface area contributed by atoms with Crippen LogP contribution in [0.2, 0.25) is 0 Å². The second-order valence-electron chi connectivity index (χ2n) is 4.58. The van der Waals surface area contributed by atoms with Crippen LogP contribution >= 0.6 is 0 Å². The summed E-state index contributed by atoms with van der Waals surface area (Å²) in [5.41, 5.74) is 3.41. The summed E-state index contributed by atoms with van der Waals surface area (Å²) in [6.45, 7) is 2.07. The first-order valence-electron chi connectivity index (χ1n) is 6.03. The number of phenolic OH excluding ortho intramolecular Hbond substituents is 1. The van der Waals surface area contributed by atoms with E-state index in [0.29, 0.717) is 5.75 Å². The number of aryl methyl sites for hydroxylation is 1. The fourth-order valence-electron chi connectivity index (χ4n) is 2.20. The van der Waals surface area contributed by atoms with Crippen LogP contribution < -0.4 is 0 Å². The van der Waals surface area contributed by atoms with E-state index in [1.165, 1.54) is 5.56 Å². The van der Waals surface area contributed by atoms with E-state index < -0.39 is 0 Å². The van der Waals surface area contributed by atoms with Gasteiger partial charge < -0.3 is 5.11 Å². The highest BCUT2D eigenvalue weighted by Crippen LogP contribution is 2.31. The molecule has 0 unspecified atom stereocenters. The highest BCUT2D eigenvalue weighted by Gasteiger charge is 2.04. The van der Waals surface area contributed by atoms with Crippen LogP contribution in [0.1, 0.15) is 5.56 Å². The van der Waals surface area contributed by atoms with Crippen LogP contribution in [-0.4, -0.2) is 5.11 Å². The van der Waals surface area contributed by atoms with Crippen molar-refractivity contribution in [2.75, 3.05) is 0 Å². The van der Waals surface area contributed by atoms with Crippen LogP contribution in [0.4, 0.5) is 0 Å². The van der Waals surface area contributed by atoms with Gasteiger partial charge in [0, 0.05) is 5.39 Å². The van der Waals surface area contributed by atoms with Gasteiger partial charge in [-0.1, -0.05) is 54.1 Å². The standard InChI is InChI=1S/C17H14O/c1-12-6-8-13(9-7-12)15-10-14-4-2-3-5-16(14)17(18)11-15/h2-11,18H,1H3. The molecule has 0 aliphatic heterocycles. The number of hydrogen-bond acceptors (Lipinski definition) is 1. The van der Waals surface area contributed by atoms with Crippen molar-refractivity contribution in [3.8, 4) is 16.9 Å². The summed E-state index contributed by atoms with van der Waals surface area (Å²) in [5.74, 6) is 0.337. The fourth-order valence-corrected chi connectivity index (χ4v) is 2.20. The molecule has 18 heavy (non-hydrogen) atoms. The van der Waals surface area contributed by atoms with Crippen molar-refractivity contribution in [2.45, 2.75) is 6.92 Å². The Balaban J connectivity index is 2.21. The van der Waals surface area contributed by atoms with Gasteiger partial charge in [0.25, 0.3) is 0 Å². The molecule has 0 aromatic heterocycles. The molecule has 3 aromatic rings. The van der Waals surface area contributed by atoms with Gasteiger partial charge in [-0.2, -0.15) is 0 Å². The van der Waals surface area contributed by atoms with Crippen LogP contribution in [0.25, 0.3) is 21.9 Å². The van der Waals surface area contributed by atoms with Gasteiger partial charge in [-0.25, -0.2) is 0 Å². The average Bonchev–Trinajstić information content (AvgIpc) is 2.39. The number of rotatable bonds is 1. The molecular weight excluding hydrogens is 220 g/mol. The Labute approximate surface area is 106 Å². The Morgan fingerprint density at radius 1 is 0.778 bits per heavy atom. The van der Waals surface area contributed by atoms with Crippen LogP contribution in [0.3, 0.4) is 0 Å². The van der Waals surface area contributed by atoms with E-state index >= 15 is 0 Å². The van der Waals surface area contributed by atoms with Crippen molar-refractivity contribution in [3.05, 3.63) is 66.2 Å². The van der Waals surface area contributed by atoms with Crippen LogP contribution in [0.15, 0.2) is 60.7 Å². The van der Waals surface area contributed by atoms with Gasteiger partial charge in [0.15, 0.2) is 0 Å². The lowest BCUT2D eigenvalue weighted by atomic mass is 10.00. The summed E-state index contributed by atoms with van der Waals surface area (Å²) >= 11 is 0. The summed E-state index contributed by atoms with van der Waals surface area (Å²) < 4.78 is 0. The van der Waals surface area contributed by atoms with E-state index in [0.717, 1.165) is 21.9 Å². The lowest BCUT2D eigenvalue weighted by Gasteiger charge is -2.07. The molecule has 1 heteroatoms. The van der Waals surface area contributed by atoms with Crippen molar-refractivity contribution < 1.29 is 5.11 Å². The molecule has 0 heterocycles. The van der Waals surface area contributed by atoms with Gasteiger partial charge in [-0.15, -0.1) is 0 Å². The maximum atomic E-state index is 10.1. The molecule has 3 aromatic carbocycles. The molecule has 1 nitrogen and oxygen atoms in total. The van der Waals surface area contributed by atoms with E-state index in [9.17, 15) is 5.11 Å². The van der Waals surface area contributed by atoms with Crippen molar-refractivity contribution in [2.24, 2.45) is 0 Å². The van der Waals surface area contributed by atoms with Gasteiger partial charge in [-0.05, 0) is 35.6 Å². The van der Waals surface area contributed by atoms with Gasteiger partial charge in [0.2, 0.25) is 0 Å². The molecule has 0 radical (unpaired) electrons. The molecule has 88 valence electrons. The maximum Gasteiger partial charge on any atom is 0.124 e. The maximum absolute atomic E-state index is 10.1. The number of benzene rings is 3. The second-order valence-corrected chi connectivity index (χ2v) is 4.58. The molecule has 0 saturated carbocycles. The normalized spacial score (nSPS) is 10.7. The Kier molecular flexibility index (Phi) is 2.52. The van der Waals surface area contributed by atoms with E-state index in [4.69, 9.17) is 0 Å². The lowest BCUT2D eigenvalue weighted by molar-refractivity contribution is 0.482. The van der Waals surface area contributed by atoms with Gasteiger partial charge in [0.05, 0.1) is 0 Å². The number of fused-ring (bicyclic) bond motifs is 1. The quantitative estimate of drug-likeness (QED) is 0.656. The third-order valence-electron chi connectivity index (χ3n) is 3.22. The van der Waals surface area contributed by atoms with Crippen molar-refractivity contribution in [3.63, 3.8) is 0 Å². The predicted octanol–water partition coefficient (Wildman–Crippen LogP) is 4.52. The first-order valence-corrected chi connectivity index (χ1v) is 6.03. The first kappa shape index (κ1) is 10.8. The molecule has 0 fully saturated rings. The largest absolute Gasteiger partial charge is 0.507 e. The Bertz CT molecular complexity index is 696. The zero-order valence-corrected chi connectivity index (χ0v) is 10.2. The third kappa shape index (κ3) is 1.84. The molecular formula is C17H14O. The molecule has 0 aliphatic carbocycles. The van der Waals surface area contributed by atoms with Crippen molar-refractivity contribution >= 4 is 10.8 Å². The van der Waals surface area contributed by atoms with Crippen molar-refractivity contribution in [1.29, 1.82) is 0 Å². The summed E-state index contributed by atoms with van der Waals surface area (Å²) in [6.07, 6.45) is 0. The molecule has 0 spiro atoms. The monoisotopic (exact) mass is 234 g/mol. The second kappa shape index (κ2) is 4.19. The van der Waals surface area contributed by atoms with Crippen molar-refractivity contribution in [1.82, 2.24) is 0 Å². The topological polar surface area (TPSA) is 20.2 Å². The van der Waals surface area contributed by atoms with Gasteiger partial charge in [0.1, 0.15) is 5.75 Å². The highest BCUT2D eigenvalue weighted by atomic mass is 16.3. The summed E-state index contributed by atoms with van der Waals surface area (Å²) in [7, 11) is 0. The summed E-state index contributed by atoms with van der Waals surface area (Å²) in [6, 6.07) is 20.2. The lowest BCUT2D eigenvalue weighted by Crippen LogP contribution is -1.81. The first-order chi connectivity index (χ1) is 8.74.